The number of hydrogen-bond acceptors (Lipinski definition) is 3. The van der Waals surface area contributed by atoms with Gasteiger partial charge in [-0.2, -0.15) is 0 Å². The summed E-state index contributed by atoms with van der Waals surface area (Å²) in [5.41, 5.74) is -1.17. The fraction of sp³-hybridized carbons (Fsp3) is 0.333. The third-order valence-corrected chi connectivity index (χ3v) is 1.81. The fourth-order valence-corrected chi connectivity index (χ4v) is 1.23. The van der Waals surface area contributed by atoms with Crippen LogP contribution in [0.4, 0.5) is 4.79 Å². The number of imide groups is 1. The molecular formula is C9H10NO3. The first kappa shape index (κ1) is 9.51. The molecule has 1 rings (SSSR count). The van der Waals surface area contributed by atoms with E-state index >= 15 is 0 Å². The van der Waals surface area contributed by atoms with Crippen LogP contribution in [-0.2, 0) is 9.53 Å². The Hall–Kier alpha value is -1.58. The molecule has 1 radical (unpaired) electrons. The highest BCUT2D eigenvalue weighted by atomic mass is 16.6. The minimum atomic E-state index is -1.17. The molecule has 2 amide bonds. The van der Waals surface area contributed by atoms with E-state index in [2.05, 4.69) is 18.5 Å². The molecule has 0 bridgehead atoms. The van der Waals surface area contributed by atoms with Crippen LogP contribution >= 0.6 is 0 Å². The maximum absolute atomic E-state index is 11.3. The zero-order chi connectivity index (χ0) is 9.90. The fourth-order valence-electron chi connectivity index (χ4n) is 1.23. The van der Waals surface area contributed by atoms with E-state index in [1.165, 1.54) is 12.2 Å². The number of cyclic esters (lactones) is 1. The Morgan fingerprint density at radius 2 is 1.85 bits per heavy atom. The first-order valence-electron chi connectivity index (χ1n) is 3.85. The van der Waals surface area contributed by atoms with Crippen LogP contribution in [0, 0.1) is 0 Å². The quantitative estimate of drug-likeness (QED) is 0.610. The standard InChI is InChI=1S/C9H10NO3/c1-3-5-9(6-4-2)7(11)10-8(12)13-9/h3-4H,1-2,5-6H2. The molecular weight excluding hydrogens is 170 g/mol. The van der Waals surface area contributed by atoms with E-state index in [4.69, 9.17) is 4.74 Å². The molecule has 13 heavy (non-hydrogen) atoms. The summed E-state index contributed by atoms with van der Waals surface area (Å²) in [6, 6.07) is 0. The molecule has 1 aliphatic rings. The minimum Gasteiger partial charge on any atom is -0.430 e. The van der Waals surface area contributed by atoms with E-state index in [1.807, 2.05) is 0 Å². The number of rotatable bonds is 4. The molecule has 0 saturated carbocycles. The van der Waals surface area contributed by atoms with Crippen molar-refractivity contribution in [3.8, 4) is 0 Å². The number of hydrogen-bond donors (Lipinski definition) is 0. The van der Waals surface area contributed by atoms with Crippen LogP contribution < -0.4 is 5.32 Å². The van der Waals surface area contributed by atoms with Crippen molar-refractivity contribution in [3.63, 3.8) is 0 Å². The van der Waals surface area contributed by atoms with Gasteiger partial charge in [0.05, 0.1) is 0 Å². The maximum Gasteiger partial charge on any atom is 0.438 e. The van der Waals surface area contributed by atoms with Gasteiger partial charge in [-0.15, -0.1) is 18.5 Å². The Morgan fingerprint density at radius 3 is 2.15 bits per heavy atom. The Bertz CT molecular complexity index is 260. The van der Waals surface area contributed by atoms with Gasteiger partial charge in [0.25, 0.3) is 5.91 Å². The van der Waals surface area contributed by atoms with Gasteiger partial charge in [0.1, 0.15) is 0 Å². The van der Waals surface area contributed by atoms with Crippen LogP contribution in [-0.4, -0.2) is 17.6 Å². The summed E-state index contributed by atoms with van der Waals surface area (Å²) < 4.78 is 4.84. The minimum absolute atomic E-state index is 0.271. The van der Waals surface area contributed by atoms with Crippen LogP contribution in [0.3, 0.4) is 0 Å². The Morgan fingerprint density at radius 1 is 1.31 bits per heavy atom. The summed E-state index contributed by atoms with van der Waals surface area (Å²) in [6.45, 7) is 6.98. The van der Waals surface area contributed by atoms with Gasteiger partial charge in [-0.3, -0.25) is 4.79 Å². The lowest BCUT2D eigenvalue weighted by Crippen LogP contribution is -2.36. The Balaban J connectivity index is 2.88. The van der Waals surface area contributed by atoms with Crippen LogP contribution in [0.15, 0.2) is 25.3 Å². The van der Waals surface area contributed by atoms with Crippen LogP contribution in [0.25, 0.3) is 0 Å². The monoisotopic (exact) mass is 180 g/mol. The summed E-state index contributed by atoms with van der Waals surface area (Å²) in [5, 5.41) is 3.18. The number of carbonyl (C=O) groups excluding carboxylic acids is 2. The van der Waals surface area contributed by atoms with E-state index in [0.717, 1.165) is 0 Å². The van der Waals surface area contributed by atoms with Crippen molar-refractivity contribution in [3.05, 3.63) is 25.3 Å². The number of carbonyl (C=O) groups is 2. The van der Waals surface area contributed by atoms with Crippen molar-refractivity contribution in [2.24, 2.45) is 0 Å². The largest absolute Gasteiger partial charge is 0.438 e. The maximum atomic E-state index is 11.3. The van der Waals surface area contributed by atoms with Gasteiger partial charge in [-0.1, -0.05) is 12.2 Å². The molecule has 4 nitrogen and oxygen atoms in total. The number of ether oxygens (including phenoxy) is 1. The topological polar surface area (TPSA) is 57.5 Å². The predicted molar refractivity (Wildman–Crippen MR) is 46.0 cm³/mol. The Kier molecular flexibility index (Phi) is 2.51. The SMILES string of the molecule is C=CCC1(CC=C)OC(=O)[N]C1=O. The predicted octanol–water partition coefficient (Wildman–Crippen LogP) is 1.16. The first-order valence-corrected chi connectivity index (χ1v) is 3.85. The molecule has 69 valence electrons. The summed E-state index contributed by atoms with van der Waals surface area (Å²) in [4.78, 5) is 22.0. The van der Waals surface area contributed by atoms with Crippen molar-refractivity contribution in [2.45, 2.75) is 18.4 Å². The molecule has 0 atom stereocenters. The van der Waals surface area contributed by atoms with Gasteiger partial charge in [-0.25, -0.2) is 4.79 Å². The second-order valence-corrected chi connectivity index (χ2v) is 2.76. The van der Waals surface area contributed by atoms with Gasteiger partial charge >= 0.3 is 6.09 Å². The average Bonchev–Trinajstić information content (AvgIpc) is 2.28. The van der Waals surface area contributed by atoms with Crippen molar-refractivity contribution >= 4 is 12.0 Å². The van der Waals surface area contributed by atoms with Gasteiger partial charge in [-0.05, 0) is 0 Å². The van der Waals surface area contributed by atoms with Crippen LogP contribution in [0.1, 0.15) is 12.8 Å². The Labute approximate surface area is 76.3 Å². The molecule has 0 aromatic carbocycles. The second-order valence-electron chi connectivity index (χ2n) is 2.76. The van der Waals surface area contributed by atoms with E-state index < -0.39 is 17.6 Å². The molecule has 0 aliphatic carbocycles. The highest BCUT2D eigenvalue weighted by Crippen LogP contribution is 2.27. The van der Waals surface area contributed by atoms with E-state index in [0.29, 0.717) is 0 Å². The van der Waals surface area contributed by atoms with Crippen LogP contribution in [0.2, 0.25) is 0 Å². The number of nitrogens with zero attached hydrogens (tertiary/aromatic N) is 1. The smallest absolute Gasteiger partial charge is 0.430 e. The molecule has 0 aromatic rings. The average molecular weight is 180 g/mol. The lowest BCUT2D eigenvalue weighted by Gasteiger charge is -2.20. The molecule has 0 spiro atoms. The van der Waals surface area contributed by atoms with E-state index in [-0.39, 0.29) is 12.8 Å². The molecule has 0 aromatic heterocycles. The highest BCUT2D eigenvalue weighted by Gasteiger charge is 2.48. The third-order valence-electron chi connectivity index (χ3n) is 1.81. The van der Waals surface area contributed by atoms with Crippen LogP contribution in [0.5, 0.6) is 0 Å². The summed E-state index contributed by atoms with van der Waals surface area (Å²) >= 11 is 0. The van der Waals surface area contributed by atoms with Gasteiger partial charge in [0, 0.05) is 12.8 Å². The van der Waals surface area contributed by atoms with Gasteiger partial charge in [0.15, 0.2) is 0 Å². The molecule has 1 fully saturated rings. The molecule has 4 heteroatoms. The first-order chi connectivity index (χ1) is 6.14. The van der Waals surface area contributed by atoms with Gasteiger partial charge < -0.3 is 4.74 Å². The normalized spacial score (nSPS) is 19.1. The lowest BCUT2D eigenvalue weighted by molar-refractivity contribution is -0.131. The second kappa shape index (κ2) is 3.43. The molecule has 1 saturated heterocycles. The van der Waals surface area contributed by atoms with E-state index in [9.17, 15) is 9.59 Å². The molecule has 0 N–H and O–H groups in total. The van der Waals surface area contributed by atoms with E-state index in [1.54, 1.807) is 0 Å². The lowest BCUT2D eigenvalue weighted by atomic mass is 9.95. The van der Waals surface area contributed by atoms with Crippen molar-refractivity contribution in [1.82, 2.24) is 5.32 Å². The molecule has 1 aliphatic heterocycles. The molecule has 1 heterocycles. The number of amides is 2. The summed E-state index contributed by atoms with van der Waals surface area (Å²) in [7, 11) is 0. The molecule has 0 unspecified atom stereocenters. The highest BCUT2D eigenvalue weighted by molar-refractivity contribution is 6.02. The van der Waals surface area contributed by atoms with Crippen molar-refractivity contribution in [1.29, 1.82) is 0 Å². The zero-order valence-corrected chi connectivity index (χ0v) is 7.16. The van der Waals surface area contributed by atoms with Gasteiger partial charge in [0.2, 0.25) is 5.60 Å². The van der Waals surface area contributed by atoms with Crippen molar-refractivity contribution < 1.29 is 14.3 Å². The third kappa shape index (κ3) is 1.61. The summed E-state index contributed by atoms with van der Waals surface area (Å²) in [6.07, 6.45) is 2.76. The zero-order valence-electron chi connectivity index (χ0n) is 7.16. The summed E-state index contributed by atoms with van der Waals surface area (Å²) in [5.74, 6) is -0.544. The van der Waals surface area contributed by atoms with Crippen molar-refractivity contribution in [2.75, 3.05) is 0 Å².